The molecule has 0 aliphatic carbocycles. The molecule has 3 rings (SSSR count). The number of para-hydroxylation sites is 2. The number of esters is 1. The molecule has 2 aromatic heterocycles. The second-order valence-electron chi connectivity index (χ2n) is 5.63. The lowest BCUT2D eigenvalue weighted by molar-refractivity contribution is -0.145. The SMILES string of the molecule is COC(=O)[C@@H](NC(=O)Cn1c(SC(F)F)nc2ccccc21)c1ccccn1. The summed E-state index contributed by atoms with van der Waals surface area (Å²) in [5.41, 5.74) is 1.33. The van der Waals surface area contributed by atoms with Crippen LogP contribution in [0.3, 0.4) is 0 Å². The number of imidazole rings is 1. The fourth-order valence-corrected chi connectivity index (χ4v) is 3.24. The highest BCUT2D eigenvalue weighted by Crippen LogP contribution is 2.28. The molecule has 0 radical (unpaired) electrons. The zero-order valence-corrected chi connectivity index (χ0v) is 15.5. The van der Waals surface area contributed by atoms with Gasteiger partial charge in [-0.2, -0.15) is 8.78 Å². The molecule has 0 aliphatic heterocycles. The number of carbonyl (C=O) groups excluding carboxylic acids is 2. The number of alkyl halides is 2. The first-order valence-corrected chi connectivity index (χ1v) is 9.05. The second kappa shape index (κ2) is 8.79. The van der Waals surface area contributed by atoms with Gasteiger partial charge in [0.2, 0.25) is 5.91 Å². The summed E-state index contributed by atoms with van der Waals surface area (Å²) < 4.78 is 31.9. The zero-order chi connectivity index (χ0) is 20.1. The molecular weight excluding hydrogens is 390 g/mol. The number of fused-ring (bicyclic) bond motifs is 1. The van der Waals surface area contributed by atoms with Gasteiger partial charge in [-0.05, 0) is 36.0 Å². The summed E-state index contributed by atoms with van der Waals surface area (Å²) in [6.07, 6.45) is 1.48. The van der Waals surface area contributed by atoms with Gasteiger partial charge in [-0.3, -0.25) is 9.78 Å². The average molecular weight is 406 g/mol. The topological polar surface area (TPSA) is 86.1 Å². The fraction of sp³-hybridized carbons (Fsp3) is 0.222. The number of rotatable bonds is 7. The van der Waals surface area contributed by atoms with E-state index in [4.69, 9.17) is 4.74 Å². The molecule has 0 spiro atoms. The van der Waals surface area contributed by atoms with E-state index in [2.05, 4.69) is 15.3 Å². The van der Waals surface area contributed by atoms with Crippen molar-refractivity contribution in [2.45, 2.75) is 23.5 Å². The van der Waals surface area contributed by atoms with E-state index in [0.717, 1.165) is 0 Å². The number of hydrogen-bond donors (Lipinski definition) is 1. The third-order valence-electron chi connectivity index (χ3n) is 3.84. The van der Waals surface area contributed by atoms with Crippen LogP contribution in [0.2, 0.25) is 0 Å². The van der Waals surface area contributed by atoms with Gasteiger partial charge in [-0.1, -0.05) is 18.2 Å². The van der Waals surface area contributed by atoms with Crippen LogP contribution in [0, 0.1) is 0 Å². The number of hydrogen-bond acceptors (Lipinski definition) is 6. The number of nitrogens with one attached hydrogen (secondary N) is 1. The van der Waals surface area contributed by atoms with Crippen molar-refractivity contribution in [3.63, 3.8) is 0 Å². The van der Waals surface area contributed by atoms with Crippen molar-refractivity contribution in [1.82, 2.24) is 19.9 Å². The number of pyridine rings is 1. The van der Waals surface area contributed by atoms with Gasteiger partial charge in [0.05, 0.1) is 23.8 Å². The summed E-state index contributed by atoms with van der Waals surface area (Å²) >= 11 is 0.253. The minimum absolute atomic E-state index is 0.0128. The second-order valence-corrected chi connectivity index (χ2v) is 6.58. The molecule has 146 valence electrons. The Morgan fingerprint density at radius 1 is 1.21 bits per heavy atom. The number of aromatic nitrogens is 3. The number of ether oxygens (including phenoxy) is 1. The Hall–Kier alpha value is -3.01. The van der Waals surface area contributed by atoms with Crippen molar-refractivity contribution in [1.29, 1.82) is 0 Å². The lowest BCUT2D eigenvalue weighted by Crippen LogP contribution is -2.37. The summed E-state index contributed by atoms with van der Waals surface area (Å²) in [7, 11) is 1.20. The Labute approximate surface area is 163 Å². The molecule has 0 aliphatic rings. The lowest BCUT2D eigenvalue weighted by Gasteiger charge is -2.17. The maximum Gasteiger partial charge on any atom is 0.334 e. The number of thioether (sulfide) groups is 1. The molecular formula is C18H16F2N4O3S. The number of amides is 1. The van der Waals surface area contributed by atoms with Crippen molar-refractivity contribution in [3.05, 3.63) is 54.4 Å². The Bertz CT molecular complexity index is 981. The van der Waals surface area contributed by atoms with Crippen LogP contribution in [-0.2, 0) is 20.9 Å². The molecule has 1 amide bonds. The van der Waals surface area contributed by atoms with E-state index in [1.807, 2.05) is 0 Å². The molecule has 7 nitrogen and oxygen atoms in total. The zero-order valence-electron chi connectivity index (χ0n) is 14.7. The van der Waals surface area contributed by atoms with E-state index >= 15 is 0 Å². The summed E-state index contributed by atoms with van der Waals surface area (Å²) in [6, 6.07) is 10.6. The van der Waals surface area contributed by atoms with E-state index < -0.39 is 23.7 Å². The maximum atomic E-state index is 12.9. The van der Waals surface area contributed by atoms with Crippen molar-refractivity contribution in [2.75, 3.05) is 7.11 Å². The summed E-state index contributed by atoms with van der Waals surface area (Å²) in [4.78, 5) is 32.9. The van der Waals surface area contributed by atoms with Gasteiger partial charge in [0.25, 0.3) is 5.76 Å². The molecule has 0 unspecified atom stereocenters. The number of carbonyl (C=O) groups is 2. The molecule has 3 aromatic rings. The van der Waals surface area contributed by atoms with Crippen molar-refractivity contribution >= 4 is 34.7 Å². The first-order valence-electron chi connectivity index (χ1n) is 8.17. The van der Waals surface area contributed by atoms with Crippen molar-refractivity contribution in [2.24, 2.45) is 0 Å². The van der Waals surface area contributed by atoms with Gasteiger partial charge < -0.3 is 14.6 Å². The van der Waals surface area contributed by atoms with Crippen LogP contribution >= 0.6 is 11.8 Å². The largest absolute Gasteiger partial charge is 0.467 e. The minimum Gasteiger partial charge on any atom is -0.467 e. The average Bonchev–Trinajstić information content (AvgIpc) is 3.02. The Morgan fingerprint density at radius 3 is 2.64 bits per heavy atom. The molecule has 10 heteroatoms. The third kappa shape index (κ3) is 4.45. The van der Waals surface area contributed by atoms with Crippen LogP contribution in [0.25, 0.3) is 11.0 Å². The van der Waals surface area contributed by atoms with Crippen LogP contribution in [0.1, 0.15) is 11.7 Å². The van der Waals surface area contributed by atoms with Gasteiger partial charge in [-0.25, -0.2) is 9.78 Å². The molecule has 0 saturated carbocycles. The smallest absolute Gasteiger partial charge is 0.334 e. The van der Waals surface area contributed by atoms with Crippen LogP contribution in [0.4, 0.5) is 8.78 Å². The molecule has 28 heavy (non-hydrogen) atoms. The number of benzene rings is 1. The van der Waals surface area contributed by atoms with E-state index in [-0.39, 0.29) is 23.5 Å². The first kappa shape index (κ1) is 19.7. The van der Waals surface area contributed by atoms with Gasteiger partial charge >= 0.3 is 5.97 Å². The molecule has 1 aromatic carbocycles. The van der Waals surface area contributed by atoms with E-state index in [1.54, 1.807) is 42.5 Å². The predicted molar refractivity (Wildman–Crippen MR) is 98.7 cm³/mol. The Balaban J connectivity index is 1.86. The third-order valence-corrected chi connectivity index (χ3v) is 4.54. The summed E-state index contributed by atoms with van der Waals surface area (Å²) in [5.74, 6) is -3.94. The molecule has 0 bridgehead atoms. The highest BCUT2D eigenvalue weighted by Gasteiger charge is 2.26. The van der Waals surface area contributed by atoms with Gasteiger partial charge in [0.15, 0.2) is 11.2 Å². The molecule has 0 saturated heterocycles. The fourth-order valence-electron chi connectivity index (χ4n) is 2.64. The van der Waals surface area contributed by atoms with E-state index in [9.17, 15) is 18.4 Å². The predicted octanol–water partition coefficient (Wildman–Crippen LogP) is 2.78. The molecule has 2 heterocycles. The number of nitrogens with zero attached hydrogens (tertiary/aromatic N) is 3. The van der Waals surface area contributed by atoms with Crippen LogP contribution in [0.5, 0.6) is 0 Å². The normalized spacial score (nSPS) is 12.1. The number of halogens is 2. The van der Waals surface area contributed by atoms with E-state index in [0.29, 0.717) is 16.7 Å². The molecule has 0 fully saturated rings. The van der Waals surface area contributed by atoms with Crippen LogP contribution in [-0.4, -0.2) is 39.3 Å². The minimum atomic E-state index is -2.69. The quantitative estimate of drug-likeness (QED) is 0.480. The Kier molecular flexibility index (Phi) is 6.19. The van der Waals surface area contributed by atoms with Crippen molar-refractivity contribution in [3.8, 4) is 0 Å². The van der Waals surface area contributed by atoms with Gasteiger partial charge in [0, 0.05) is 6.20 Å². The summed E-state index contributed by atoms with van der Waals surface area (Å²) in [5, 5.41) is 2.56. The van der Waals surface area contributed by atoms with E-state index in [1.165, 1.54) is 17.9 Å². The van der Waals surface area contributed by atoms with Crippen molar-refractivity contribution < 1.29 is 23.1 Å². The lowest BCUT2D eigenvalue weighted by atomic mass is 10.2. The molecule has 1 N–H and O–H groups in total. The van der Waals surface area contributed by atoms with Gasteiger partial charge in [-0.15, -0.1) is 0 Å². The van der Waals surface area contributed by atoms with Gasteiger partial charge in [0.1, 0.15) is 6.54 Å². The monoisotopic (exact) mass is 406 g/mol. The highest BCUT2D eigenvalue weighted by atomic mass is 32.2. The summed E-state index contributed by atoms with van der Waals surface area (Å²) in [6.45, 7) is -0.296. The molecule has 1 atom stereocenters. The highest BCUT2D eigenvalue weighted by molar-refractivity contribution is 7.99. The number of methoxy groups -OCH3 is 1. The maximum absolute atomic E-state index is 12.9. The Morgan fingerprint density at radius 2 is 1.96 bits per heavy atom. The van der Waals surface area contributed by atoms with Crippen LogP contribution < -0.4 is 5.32 Å². The first-order chi connectivity index (χ1) is 13.5. The standard InChI is InChI=1S/C18H16F2N4O3S/c1-27-16(26)15(12-7-4-5-9-21-12)23-14(25)10-24-13-8-3-2-6-11(13)22-18(24)28-17(19)20/h2-9,15,17H,10H2,1H3,(H,23,25)/t15-/m0/s1. The van der Waals surface area contributed by atoms with Crippen LogP contribution in [0.15, 0.2) is 53.8 Å².